The van der Waals surface area contributed by atoms with Gasteiger partial charge in [-0.1, -0.05) is 26.7 Å². The SMILES string of the molecule is CCCC1(C(=O)NCC(CC)CC(=O)O)CCCNC1. The number of rotatable bonds is 8. The Morgan fingerprint density at radius 1 is 1.40 bits per heavy atom. The van der Waals surface area contributed by atoms with Gasteiger partial charge in [0, 0.05) is 19.5 Å². The number of carboxylic acids is 1. The van der Waals surface area contributed by atoms with Crippen molar-refractivity contribution in [3.05, 3.63) is 0 Å². The van der Waals surface area contributed by atoms with Crippen LogP contribution in [0.25, 0.3) is 0 Å². The van der Waals surface area contributed by atoms with Gasteiger partial charge in [0.15, 0.2) is 0 Å². The van der Waals surface area contributed by atoms with Gasteiger partial charge < -0.3 is 15.7 Å². The Balaban J connectivity index is 2.55. The van der Waals surface area contributed by atoms with Gasteiger partial charge in [-0.2, -0.15) is 0 Å². The number of carbonyl (C=O) groups is 2. The van der Waals surface area contributed by atoms with Gasteiger partial charge in [-0.25, -0.2) is 0 Å². The van der Waals surface area contributed by atoms with E-state index in [0.29, 0.717) is 6.54 Å². The van der Waals surface area contributed by atoms with E-state index in [-0.39, 0.29) is 23.7 Å². The second kappa shape index (κ2) is 8.25. The van der Waals surface area contributed by atoms with Crippen molar-refractivity contribution in [2.75, 3.05) is 19.6 Å². The van der Waals surface area contributed by atoms with Gasteiger partial charge in [-0.3, -0.25) is 9.59 Å². The highest BCUT2D eigenvalue weighted by Crippen LogP contribution is 2.31. The van der Waals surface area contributed by atoms with Gasteiger partial charge in [0.05, 0.1) is 5.41 Å². The van der Waals surface area contributed by atoms with Crippen molar-refractivity contribution in [2.45, 2.75) is 52.4 Å². The van der Waals surface area contributed by atoms with Crippen molar-refractivity contribution in [3.63, 3.8) is 0 Å². The third-order valence-corrected chi connectivity index (χ3v) is 4.27. The zero-order chi connectivity index (χ0) is 15.0. The topological polar surface area (TPSA) is 78.4 Å². The lowest BCUT2D eigenvalue weighted by atomic mass is 9.76. The summed E-state index contributed by atoms with van der Waals surface area (Å²) < 4.78 is 0. The average Bonchev–Trinajstić information content (AvgIpc) is 2.44. The summed E-state index contributed by atoms with van der Waals surface area (Å²) >= 11 is 0. The van der Waals surface area contributed by atoms with Crippen molar-refractivity contribution in [2.24, 2.45) is 11.3 Å². The number of carbonyl (C=O) groups excluding carboxylic acids is 1. The molecule has 1 rings (SSSR count). The Morgan fingerprint density at radius 3 is 2.65 bits per heavy atom. The lowest BCUT2D eigenvalue weighted by Gasteiger charge is -2.36. The monoisotopic (exact) mass is 284 g/mol. The van der Waals surface area contributed by atoms with Crippen LogP contribution < -0.4 is 10.6 Å². The van der Waals surface area contributed by atoms with Crippen LogP contribution in [0.5, 0.6) is 0 Å². The largest absolute Gasteiger partial charge is 0.481 e. The van der Waals surface area contributed by atoms with E-state index in [0.717, 1.165) is 45.2 Å². The molecule has 1 amide bonds. The zero-order valence-electron chi connectivity index (χ0n) is 12.7. The van der Waals surface area contributed by atoms with Gasteiger partial charge in [0.25, 0.3) is 0 Å². The minimum atomic E-state index is -0.797. The summed E-state index contributed by atoms with van der Waals surface area (Å²) in [5, 5.41) is 15.2. The van der Waals surface area contributed by atoms with E-state index < -0.39 is 5.97 Å². The van der Waals surface area contributed by atoms with Crippen molar-refractivity contribution < 1.29 is 14.7 Å². The summed E-state index contributed by atoms with van der Waals surface area (Å²) in [5.41, 5.74) is -0.297. The van der Waals surface area contributed by atoms with Gasteiger partial charge >= 0.3 is 5.97 Å². The van der Waals surface area contributed by atoms with Crippen LogP contribution in [0, 0.1) is 11.3 Å². The molecular weight excluding hydrogens is 256 g/mol. The maximum atomic E-state index is 12.5. The van der Waals surface area contributed by atoms with E-state index in [4.69, 9.17) is 5.11 Å². The molecule has 0 aliphatic carbocycles. The van der Waals surface area contributed by atoms with E-state index >= 15 is 0 Å². The Labute approximate surface area is 121 Å². The molecule has 0 aromatic heterocycles. The van der Waals surface area contributed by atoms with Crippen LogP contribution in [-0.4, -0.2) is 36.6 Å². The standard InChI is InChI=1S/C15H28N2O3/c1-3-6-15(7-5-8-16-11-15)14(20)17-10-12(4-2)9-13(18)19/h12,16H,3-11H2,1-2H3,(H,17,20)(H,18,19). The van der Waals surface area contributed by atoms with Crippen molar-refractivity contribution >= 4 is 11.9 Å². The molecule has 1 aliphatic heterocycles. The van der Waals surface area contributed by atoms with Crippen LogP contribution >= 0.6 is 0 Å². The van der Waals surface area contributed by atoms with Gasteiger partial charge in [0.1, 0.15) is 0 Å². The first-order chi connectivity index (χ1) is 9.54. The fourth-order valence-corrected chi connectivity index (χ4v) is 3.00. The fourth-order valence-electron chi connectivity index (χ4n) is 3.00. The van der Waals surface area contributed by atoms with E-state index in [1.54, 1.807) is 0 Å². The highest BCUT2D eigenvalue weighted by Gasteiger charge is 2.38. The van der Waals surface area contributed by atoms with E-state index in [9.17, 15) is 9.59 Å². The molecule has 1 fully saturated rings. The van der Waals surface area contributed by atoms with Gasteiger partial charge in [-0.15, -0.1) is 0 Å². The molecule has 20 heavy (non-hydrogen) atoms. The van der Waals surface area contributed by atoms with Crippen LogP contribution in [0.2, 0.25) is 0 Å². The molecule has 116 valence electrons. The minimum absolute atomic E-state index is 0.0201. The molecule has 5 heteroatoms. The smallest absolute Gasteiger partial charge is 0.303 e. The third kappa shape index (κ3) is 4.78. The molecule has 3 N–H and O–H groups in total. The number of aliphatic carboxylic acids is 1. The number of piperidine rings is 1. The molecule has 0 aromatic carbocycles. The Hall–Kier alpha value is -1.10. The highest BCUT2D eigenvalue weighted by molar-refractivity contribution is 5.83. The summed E-state index contributed by atoms with van der Waals surface area (Å²) in [5.74, 6) is -0.684. The first-order valence-corrected chi connectivity index (χ1v) is 7.75. The van der Waals surface area contributed by atoms with Gasteiger partial charge in [0.2, 0.25) is 5.91 Å². The van der Waals surface area contributed by atoms with E-state index in [2.05, 4.69) is 17.6 Å². The first-order valence-electron chi connectivity index (χ1n) is 7.75. The Morgan fingerprint density at radius 2 is 2.15 bits per heavy atom. The predicted octanol–water partition coefficient (Wildman–Crippen LogP) is 1.77. The number of hydrogen-bond acceptors (Lipinski definition) is 3. The molecule has 1 saturated heterocycles. The quantitative estimate of drug-likeness (QED) is 0.635. The molecule has 1 heterocycles. The maximum Gasteiger partial charge on any atom is 0.303 e. The number of carboxylic acid groups (broad SMARTS) is 1. The second-order valence-corrected chi connectivity index (χ2v) is 5.89. The normalized spacial score (nSPS) is 24.1. The number of hydrogen-bond donors (Lipinski definition) is 3. The molecule has 0 bridgehead atoms. The summed E-state index contributed by atoms with van der Waals surface area (Å²) in [7, 11) is 0. The lowest BCUT2D eigenvalue weighted by molar-refractivity contribution is -0.139. The molecule has 0 aromatic rings. The van der Waals surface area contributed by atoms with Crippen molar-refractivity contribution in [3.8, 4) is 0 Å². The van der Waals surface area contributed by atoms with Crippen molar-refractivity contribution in [1.82, 2.24) is 10.6 Å². The summed E-state index contributed by atoms with van der Waals surface area (Å²) in [4.78, 5) is 23.3. The van der Waals surface area contributed by atoms with Crippen LogP contribution in [0.3, 0.4) is 0 Å². The molecule has 0 spiro atoms. The molecule has 2 atom stereocenters. The van der Waals surface area contributed by atoms with Crippen molar-refractivity contribution in [1.29, 1.82) is 0 Å². The third-order valence-electron chi connectivity index (χ3n) is 4.27. The maximum absolute atomic E-state index is 12.5. The molecule has 1 aliphatic rings. The fraction of sp³-hybridized carbons (Fsp3) is 0.867. The first kappa shape index (κ1) is 17.0. The highest BCUT2D eigenvalue weighted by atomic mass is 16.4. The van der Waals surface area contributed by atoms with Gasteiger partial charge in [-0.05, 0) is 31.7 Å². The van der Waals surface area contributed by atoms with Crippen LogP contribution in [0.15, 0.2) is 0 Å². The average molecular weight is 284 g/mol. The molecule has 2 unspecified atom stereocenters. The zero-order valence-corrected chi connectivity index (χ0v) is 12.7. The molecular formula is C15H28N2O3. The number of nitrogens with one attached hydrogen (secondary N) is 2. The lowest BCUT2D eigenvalue weighted by Crippen LogP contribution is -2.51. The predicted molar refractivity (Wildman–Crippen MR) is 78.5 cm³/mol. The van der Waals surface area contributed by atoms with Crippen LogP contribution in [0.1, 0.15) is 52.4 Å². The Bertz CT molecular complexity index is 320. The summed E-state index contributed by atoms with van der Waals surface area (Å²) in [6.07, 6.45) is 4.72. The molecule has 0 saturated carbocycles. The summed E-state index contributed by atoms with van der Waals surface area (Å²) in [6, 6.07) is 0. The van der Waals surface area contributed by atoms with Crippen LogP contribution in [0.4, 0.5) is 0 Å². The second-order valence-electron chi connectivity index (χ2n) is 5.89. The van der Waals surface area contributed by atoms with E-state index in [1.807, 2.05) is 6.92 Å². The molecule has 0 radical (unpaired) electrons. The minimum Gasteiger partial charge on any atom is -0.481 e. The summed E-state index contributed by atoms with van der Waals surface area (Å²) in [6.45, 7) is 6.25. The van der Waals surface area contributed by atoms with E-state index in [1.165, 1.54) is 0 Å². The molecule has 5 nitrogen and oxygen atoms in total. The van der Waals surface area contributed by atoms with Crippen LogP contribution in [-0.2, 0) is 9.59 Å². The number of amides is 1. The Kier molecular flexibility index (Phi) is 6.99.